The van der Waals surface area contributed by atoms with Crippen LogP contribution in [0.4, 0.5) is 0 Å². The highest BCUT2D eigenvalue weighted by Crippen LogP contribution is 2.44. The smallest absolute Gasteiger partial charge is 0.308 e. The first-order valence-corrected chi connectivity index (χ1v) is 8.60. The van der Waals surface area contributed by atoms with Crippen molar-refractivity contribution in [3.05, 3.63) is 35.5 Å². The number of aryl methyl sites for hydroxylation is 1. The van der Waals surface area contributed by atoms with Crippen LogP contribution in [0.25, 0.3) is 10.9 Å². The number of aromatic amines is 1. The molecule has 1 aliphatic heterocycles. The molecule has 5 nitrogen and oxygen atoms in total. The third-order valence-electron chi connectivity index (χ3n) is 5.61. The zero-order chi connectivity index (χ0) is 16.8. The van der Waals surface area contributed by atoms with Crippen LogP contribution in [-0.4, -0.2) is 40.0 Å². The van der Waals surface area contributed by atoms with E-state index in [4.69, 9.17) is 0 Å². The SMILES string of the molecule is Cc1cccc2c(CC(=O)N3C[C@H](C(=O)O)[C@@H](C4CC4)C3)c[nH]c12. The van der Waals surface area contributed by atoms with Gasteiger partial charge in [-0.1, -0.05) is 18.2 Å². The van der Waals surface area contributed by atoms with Crippen LogP contribution in [0.5, 0.6) is 0 Å². The lowest BCUT2D eigenvalue weighted by Crippen LogP contribution is -2.31. The molecular formula is C19H22N2O3. The Labute approximate surface area is 140 Å². The maximum atomic E-state index is 12.7. The summed E-state index contributed by atoms with van der Waals surface area (Å²) in [5.74, 6) is -0.486. The minimum Gasteiger partial charge on any atom is -0.481 e. The maximum Gasteiger partial charge on any atom is 0.308 e. The number of para-hydroxylation sites is 1. The molecule has 1 aromatic heterocycles. The first-order chi connectivity index (χ1) is 11.5. The molecule has 1 saturated carbocycles. The summed E-state index contributed by atoms with van der Waals surface area (Å²) in [4.78, 5) is 29.2. The third kappa shape index (κ3) is 2.58. The molecule has 0 bridgehead atoms. The van der Waals surface area contributed by atoms with Gasteiger partial charge in [-0.3, -0.25) is 9.59 Å². The molecule has 1 aliphatic carbocycles. The Hall–Kier alpha value is -2.30. The molecule has 0 spiro atoms. The van der Waals surface area contributed by atoms with Crippen LogP contribution in [0.15, 0.2) is 24.4 Å². The second kappa shape index (κ2) is 5.65. The van der Waals surface area contributed by atoms with Crippen molar-refractivity contribution in [2.45, 2.75) is 26.2 Å². The number of carboxylic acids is 1. The number of rotatable bonds is 4. The van der Waals surface area contributed by atoms with Gasteiger partial charge < -0.3 is 15.0 Å². The lowest BCUT2D eigenvalue weighted by atomic mass is 9.92. The summed E-state index contributed by atoms with van der Waals surface area (Å²) >= 11 is 0. The zero-order valence-corrected chi connectivity index (χ0v) is 13.8. The largest absolute Gasteiger partial charge is 0.481 e. The Kier molecular flexibility index (Phi) is 3.59. The maximum absolute atomic E-state index is 12.7. The number of benzene rings is 1. The second-order valence-electron chi connectivity index (χ2n) is 7.23. The monoisotopic (exact) mass is 326 g/mol. The number of hydrogen-bond donors (Lipinski definition) is 2. The second-order valence-corrected chi connectivity index (χ2v) is 7.23. The molecule has 2 heterocycles. The minimum atomic E-state index is -0.759. The first-order valence-electron chi connectivity index (χ1n) is 8.60. The van der Waals surface area contributed by atoms with Crippen molar-refractivity contribution in [2.75, 3.05) is 13.1 Å². The molecule has 1 aromatic carbocycles. The van der Waals surface area contributed by atoms with Gasteiger partial charge in [0.05, 0.1) is 12.3 Å². The molecule has 2 N–H and O–H groups in total. The number of aromatic nitrogens is 1. The van der Waals surface area contributed by atoms with E-state index in [-0.39, 0.29) is 11.8 Å². The molecule has 5 heteroatoms. The fraction of sp³-hybridized carbons (Fsp3) is 0.474. The molecule has 1 amide bonds. The number of aliphatic carboxylic acids is 1. The summed E-state index contributed by atoms with van der Waals surface area (Å²) in [6.45, 7) is 3.00. The molecule has 0 radical (unpaired) electrons. The van der Waals surface area contributed by atoms with Gasteiger partial charge in [-0.25, -0.2) is 0 Å². The van der Waals surface area contributed by atoms with Gasteiger partial charge in [-0.15, -0.1) is 0 Å². The third-order valence-corrected chi connectivity index (χ3v) is 5.61. The van der Waals surface area contributed by atoms with Crippen LogP contribution in [0, 0.1) is 24.7 Å². The summed E-state index contributed by atoms with van der Waals surface area (Å²) in [5.41, 5.74) is 3.22. The van der Waals surface area contributed by atoms with Gasteiger partial charge in [0, 0.05) is 30.2 Å². The van der Waals surface area contributed by atoms with Gasteiger partial charge in [-0.05, 0) is 42.7 Å². The Bertz CT molecular complexity index is 806. The Morgan fingerprint density at radius 1 is 1.29 bits per heavy atom. The van der Waals surface area contributed by atoms with Crippen molar-refractivity contribution >= 4 is 22.8 Å². The molecule has 2 aromatic rings. The quantitative estimate of drug-likeness (QED) is 0.907. The lowest BCUT2D eigenvalue weighted by molar-refractivity contribution is -0.142. The number of H-pyrrole nitrogens is 1. The van der Waals surface area contributed by atoms with E-state index in [1.165, 1.54) is 0 Å². The molecule has 24 heavy (non-hydrogen) atoms. The highest BCUT2D eigenvalue weighted by Gasteiger charge is 2.46. The van der Waals surface area contributed by atoms with E-state index in [1.54, 1.807) is 4.90 Å². The van der Waals surface area contributed by atoms with Crippen LogP contribution in [0.2, 0.25) is 0 Å². The summed E-state index contributed by atoms with van der Waals surface area (Å²) in [5, 5.41) is 10.5. The molecule has 126 valence electrons. The fourth-order valence-electron chi connectivity index (χ4n) is 4.08. The van der Waals surface area contributed by atoms with Gasteiger partial charge in [-0.2, -0.15) is 0 Å². The van der Waals surface area contributed by atoms with Crippen molar-refractivity contribution in [1.82, 2.24) is 9.88 Å². The number of carbonyl (C=O) groups is 2. The number of nitrogens with one attached hydrogen (secondary N) is 1. The fourth-order valence-corrected chi connectivity index (χ4v) is 4.08. The standard InChI is InChI=1S/C19H22N2O3/c1-11-3-2-4-14-13(8-20-18(11)14)7-17(22)21-9-15(12-5-6-12)16(10-21)19(23)24/h2-4,8,12,15-16,20H,5-7,9-10H2,1H3,(H,23,24)/t15-,16+/m1/s1. The number of fused-ring (bicyclic) bond motifs is 1. The van der Waals surface area contributed by atoms with Gasteiger partial charge in [0.25, 0.3) is 0 Å². The van der Waals surface area contributed by atoms with Crippen molar-refractivity contribution in [2.24, 2.45) is 17.8 Å². The van der Waals surface area contributed by atoms with Crippen LogP contribution in [0.1, 0.15) is 24.0 Å². The van der Waals surface area contributed by atoms with Gasteiger partial charge in [0.15, 0.2) is 0 Å². The van der Waals surface area contributed by atoms with Gasteiger partial charge in [0.1, 0.15) is 0 Å². The number of amides is 1. The lowest BCUT2D eigenvalue weighted by Gasteiger charge is -2.16. The molecular weight excluding hydrogens is 304 g/mol. The van der Waals surface area contributed by atoms with E-state index in [1.807, 2.05) is 31.3 Å². The van der Waals surface area contributed by atoms with E-state index in [9.17, 15) is 14.7 Å². The van der Waals surface area contributed by atoms with Crippen molar-refractivity contribution in [1.29, 1.82) is 0 Å². The highest BCUT2D eigenvalue weighted by atomic mass is 16.4. The summed E-state index contributed by atoms with van der Waals surface area (Å²) in [6.07, 6.45) is 4.45. The summed E-state index contributed by atoms with van der Waals surface area (Å²) in [6, 6.07) is 6.07. The number of carboxylic acid groups (broad SMARTS) is 1. The van der Waals surface area contributed by atoms with Crippen LogP contribution >= 0.6 is 0 Å². The topological polar surface area (TPSA) is 73.4 Å². The summed E-state index contributed by atoms with van der Waals surface area (Å²) in [7, 11) is 0. The molecule has 2 atom stereocenters. The summed E-state index contributed by atoms with van der Waals surface area (Å²) < 4.78 is 0. The normalized spacial score (nSPS) is 23.8. The molecule has 1 saturated heterocycles. The molecule has 2 aliphatic rings. The molecule has 0 unspecified atom stereocenters. The van der Waals surface area contributed by atoms with Crippen LogP contribution in [-0.2, 0) is 16.0 Å². The average Bonchev–Trinajstić information content (AvgIpc) is 3.15. The number of likely N-dealkylation sites (tertiary alicyclic amines) is 1. The minimum absolute atomic E-state index is 0.0341. The molecule has 4 rings (SSSR count). The van der Waals surface area contributed by atoms with Gasteiger partial charge >= 0.3 is 5.97 Å². The number of hydrogen-bond acceptors (Lipinski definition) is 2. The van der Waals surface area contributed by atoms with Crippen molar-refractivity contribution in [3.63, 3.8) is 0 Å². The predicted molar refractivity (Wildman–Crippen MR) is 90.7 cm³/mol. The Morgan fingerprint density at radius 3 is 2.79 bits per heavy atom. The number of nitrogens with zero attached hydrogens (tertiary/aromatic N) is 1. The zero-order valence-electron chi connectivity index (χ0n) is 13.8. The van der Waals surface area contributed by atoms with Crippen LogP contribution in [0.3, 0.4) is 0 Å². The van der Waals surface area contributed by atoms with E-state index in [2.05, 4.69) is 4.98 Å². The average molecular weight is 326 g/mol. The Balaban J connectivity index is 1.51. The van der Waals surface area contributed by atoms with E-state index >= 15 is 0 Å². The van der Waals surface area contributed by atoms with Gasteiger partial charge in [0.2, 0.25) is 5.91 Å². The van der Waals surface area contributed by atoms with E-state index in [0.29, 0.717) is 25.4 Å². The Morgan fingerprint density at radius 2 is 2.08 bits per heavy atom. The van der Waals surface area contributed by atoms with Crippen LogP contribution < -0.4 is 0 Å². The van der Waals surface area contributed by atoms with E-state index < -0.39 is 11.9 Å². The van der Waals surface area contributed by atoms with E-state index in [0.717, 1.165) is 34.9 Å². The van der Waals surface area contributed by atoms with Crippen molar-refractivity contribution in [3.8, 4) is 0 Å². The predicted octanol–water partition coefficient (Wildman–Crippen LogP) is 2.59. The number of carbonyl (C=O) groups excluding carboxylic acids is 1. The highest BCUT2D eigenvalue weighted by molar-refractivity contribution is 5.90. The van der Waals surface area contributed by atoms with Crippen molar-refractivity contribution < 1.29 is 14.7 Å². The molecule has 2 fully saturated rings. The first kappa shape index (κ1) is 15.2.